The van der Waals surface area contributed by atoms with E-state index < -0.39 is 0 Å². The summed E-state index contributed by atoms with van der Waals surface area (Å²) < 4.78 is 0. The molecule has 0 unspecified atom stereocenters. The van der Waals surface area contributed by atoms with Gasteiger partial charge in [0.1, 0.15) is 6.10 Å². The summed E-state index contributed by atoms with van der Waals surface area (Å²) in [7, 11) is 0. The zero-order valence-corrected chi connectivity index (χ0v) is 10.4. The summed E-state index contributed by atoms with van der Waals surface area (Å²) in [6, 6.07) is 0.197. The molecule has 4 nitrogen and oxygen atoms in total. The van der Waals surface area contributed by atoms with E-state index in [1.165, 1.54) is 0 Å². The number of hydrogen-bond acceptors (Lipinski definition) is 3. The Morgan fingerprint density at radius 1 is 1.44 bits per heavy atom. The van der Waals surface area contributed by atoms with Crippen molar-refractivity contribution in [3.05, 3.63) is 0 Å². The number of rotatable bonds is 1. The Labute approximate surface area is 96.4 Å². The van der Waals surface area contributed by atoms with E-state index in [-0.39, 0.29) is 29.4 Å². The highest BCUT2D eigenvalue weighted by molar-refractivity contribution is 5.93. The number of nitrogens with one attached hydrogen (secondary N) is 1. The first-order valence-electron chi connectivity index (χ1n) is 5.91. The van der Waals surface area contributed by atoms with E-state index in [9.17, 15) is 4.79 Å². The topological polar surface area (TPSA) is 50.7 Å². The van der Waals surface area contributed by atoms with Crippen molar-refractivity contribution in [3.63, 3.8) is 0 Å². The molecule has 4 heteroatoms. The lowest BCUT2D eigenvalue weighted by molar-refractivity contribution is -0.119. The normalized spacial score (nSPS) is 33.0. The van der Waals surface area contributed by atoms with Crippen molar-refractivity contribution in [1.82, 2.24) is 5.32 Å². The first-order chi connectivity index (χ1) is 7.39. The third kappa shape index (κ3) is 1.93. The van der Waals surface area contributed by atoms with Gasteiger partial charge in [-0.05, 0) is 12.8 Å². The smallest absolute Gasteiger partial charge is 0.217 e. The molecule has 0 aromatic carbocycles. The van der Waals surface area contributed by atoms with Crippen LogP contribution < -0.4 is 5.32 Å². The Kier molecular flexibility index (Phi) is 2.68. The van der Waals surface area contributed by atoms with Gasteiger partial charge in [0.05, 0.1) is 11.6 Å². The molecule has 0 spiro atoms. The maximum atomic E-state index is 11.2. The van der Waals surface area contributed by atoms with Crippen LogP contribution in [0.15, 0.2) is 5.16 Å². The average molecular weight is 224 g/mol. The zero-order valence-electron chi connectivity index (χ0n) is 10.4. The van der Waals surface area contributed by atoms with E-state index in [0.29, 0.717) is 0 Å². The molecule has 0 aromatic rings. The van der Waals surface area contributed by atoms with E-state index in [0.717, 1.165) is 18.6 Å². The number of amides is 1. The van der Waals surface area contributed by atoms with Crippen LogP contribution in [0, 0.1) is 11.3 Å². The monoisotopic (exact) mass is 224 g/mol. The van der Waals surface area contributed by atoms with Crippen LogP contribution in [-0.2, 0) is 9.63 Å². The van der Waals surface area contributed by atoms with Gasteiger partial charge in [-0.2, -0.15) is 0 Å². The van der Waals surface area contributed by atoms with Crippen LogP contribution in [0.3, 0.4) is 0 Å². The van der Waals surface area contributed by atoms with Crippen LogP contribution in [0.4, 0.5) is 0 Å². The predicted octanol–water partition coefficient (Wildman–Crippen LogP) is 1.70. The molecular formula is C12H20N2O2. The van der Waals surface area contributed by atoms with Crippen molar-refractivity contribution in [2.75, 3.05) is 0 Å². The number of oxime groups is 1. The van der Waals surface area contributed by atoms with Crippen molar-refractivity contribution in [3.8, 4) is 0 Å². The lowest BCUT2D eigenvalue weighted by Gasteiger charge is -2.26. The molecule has 90 valence electrons. The van der Waals surface area contributed by atoms with Gasteiger partial charge in [-0.3, -0.25) is 4.79 Å². The first-order valence-corrected chi connectivity index (χ1v) is 5.91. The van der Waals surface area contributed by atoms with Crippen LogP contribution in [0.2, 0.25) is 0 Å². The third-order valence-electron chi connectivity index (χ3n) is 3.36. The number of fused-ring (bicyclic) bond motifs is 1. The molecule has 0 saturated heterocycles. The molecule has 2 rings (SSSR count). The highest BCUT2D eigenvalue weighted by Crippen LogP contribution is 2.39. The summed E-state index contributed by atoms with van der Waals surface area (Å²) in [5.74, 6) is 0.301. The minimum absolute atomic E-state index is 0.0144. The van der Waals surface area contributed by atoms with Gasteiger partial charge < -0.3 is 10.2 Å². The summed E-state index contributed by atoms with van der Waals surface area (Å²) in [5, 5.41) is 7.23. The summed E-state index contributed by atoms with van der Waals surface area (Å²) in [5.41, 5.74) is 1.11. The molecule has 2 aliphatic rings. The summed E-state index contributed by atoms with van der Waals surface area (Å²) in [4.78, 5) is 16.6. The first kappa shape index (κ1) is 11.4. The van der Waals surface area contributed by atoms with Gasteiger partial charge in [0.25, 0.3) is 0 Å². The predicted molar refractivity (Wildman–Crippen MR) is 62.1 cm³/mol. The SMILES string of the molecule is CC(=O)N[C@H]1CC[C@@H]2ON=C(C(C)(C)C)[C@H]12. The number of carbonyl (C=O) groups is 1. The van der Waals surface area contributed by atoms with Crippen molar-refractivity contribution < 1.29 is 9.63 Å². The maximum Gasteiger partial charge on any atom is 0.217 e. The second-order valence-electron chi connectivity index (χ2n) is 5.78. The average Bonchev–Trinajstić information content (AvgIpc) is 2.65. The fraction of sp³-hybridized carbons (Fsp3) is 0.833. The van der Waals surface area contributed by atoms with Crippen LogP contribution in [0.25, 0.3) is 0 Å². The second kappa shape index (κ2) is 3.75. The Bertz CT molecular complexity index is 330. The number of hydrogen-bond donors (Lipinski definition) is 1. The van der Waals surface area contributed by atoms with Gasteiger partial charge in [-0.1, -0.05) is 25.9 Å². The Hall–Kier alpha value is -1.06. The van der Waals surface area contributed by atoms with Crippen molar-refractivity contribution in [1.29, 1.82) is 0 Å². The van der Waals surface area contributed by atoms with Gasteiger partial charge in [-0.25, -0.2) is 0 Å². The molecule has 0 bridgehead atoms. The van der Waals surface area contributed by atoms with Gasteiger partial charge in [0.2, 0.25) is 5.91 Å². The molecule has 0 radical (unpaired) electrons. The van der Waals surface area contributed by atoms with E-state index in [1.54, 1.807) is 6.92 Å². The van der Waals surface area contributed by atoms with Crippen molar-refractivity contribution in [2.45, 2.75) is 52.7 Å². The second-order valence-corrected chi connectivity index (χ2v) is 5.78. The number of carbonyl (C=O) groups excluding carboxylic acids is 1. The molecule has 3 atom stereocenters. The molecule has 1 aliphatic carbocycles. The number of nitrogens with zero attached hydrogens (tertiary/aromatic N) is 1. The van der Waals surface area contributed by atoms with Crippen LogP contribution >= 0.6 is 0 Å². The quantitative estimate of drug-likeness (QED) is 0.737. The van der Waals surface area contributed by atoms with Crippen LogP contribution in [0.5, 0.6) is 0 Å². The van der Waals surface area contributed by atoms with Crippen molar-refractivity contribution >= 4 is 11.6 Å². The van der Waals surface area contributed by atoms with Gasteiger partial charge in [0, 0.05) is 18.4 Å². The molecule has 1 aliphatic heterocycles. The van der Waals surface area contributed by atoms with Gasteiger partial charge >= 0.3 is 0 Å². The summed E-state index contributed by atoms with van der Waals surface area (Å²) in [6.07, 6.45) is 2.15. The minimum atomic E-state index is 0.0144. The summed E-state index contributed by atoms with van der Waals surface area (Å²) >= 11 is 0. The molecule has 1 saturated carbocycles. The Balaban J connectivity index is 2.16. The highest BCUT2D eigenvalue weighted by Gasteiger charge is 2.48. The molecule has 16 heavy (non-hydrogen) atoms. The fourth-order valence-electron chi connectivity index (χ4n) is 2.69. The lowest BCUT2D eigenvalue weighted by Crippen LogP contribution is -2.43. The molecule has 1 heterocycles. The fourth-order valence-corrected chi connectivity index (χ4v) is 2.69. The van der Waals surface area contributed by atoms with Gasteiger partial charge in [-0.15, -0.1) is 0 Å². The standard InChI is InChI=1S/C12H20N2O2/c1-7(15)13-8-5-6-9-10(8)11(14-16-9)12(2,3)4/h8-10H,5-6H2,1-4H3,(H,13,15)/t8-,9-,10+/m0/s1. The molecule has 0 aromatic heterocycles. The highest BCUT2D eigenvalue weighted by atomic mass is 16.6. The van der Waals surface area contributed by atoms with Crippen LogP contribution in [-0.4, -0.2) is 23.8 Å². The largest absolute Gasteiger partial charge is 0.392 e. The molecule has 1 N–H and O–H groups in total. The van der Waals surface area contributed by atoms with Crippen molar-refractivity contribution in [2.24, 2.45) is 16.5 Å². The summed E-state index contributed by atoms with van der Waals surface area (Å²) in [6.45, 7) is 7.99. The molecular weight excluding hydrogens is 204 g/mol. The zero-order chi connectivity index (χ0) is 11.9. The van der Waals surface area contributed by atoms with E-state index >= 15 is 0 Å². The van der Waals surface area contributed by atoms with E-state index in [1.807, 2.05) is 0 Å². The Morgan fingerprint density at radius 2 is 2.12 bits per heavy atom. The Morgan fingerprint density at radius 3 is 2.69 bits per heavy atom. The van der Waals surface area contributed by atoms with Crippen LogP contribution in [0.1, 0.15) is 40.5 Å². The lowest BCUT2D eigenvalue weighted by atomic mass is 9.79. The van der Waals surface area contributed by atoms with Gasteiger partial charge in [0.15, 0.2) is 0 Å². The third-order valence-corrected chi connectivity index (χ3v) is 3.36. The van der Waals surface area contributed by atoms with E-state index in [4.69, 9.17) is 4.84 Å². The van der Waals surface area contributed by atoms with E-state index in [2.05, 4.69) is 31.2 Å². The maximum absolute atomic E-state index is 11.2. The minimum Gasteiger partial charge on any atom is -0.392 e. The molecule has 1 fully saturated rings. The molecule has 1 amide bonds.